The van der Waals surface area contributed by atoms with Crippen molar-refractivity contribution < 1.29 is 19.1 Å². The van der Waals surface area contributed by atoms with E-state index >= 15 is 0 Å². The zero-order valence-electron chi connectivity index (χ0n) is 10.5. The maximum absolute atomic E-state index is 12.0. The minimum absolute atomic E-state index is 0.361. The van der Waals surface area contributed by atoms with E-state index in [9.17, 15) is 9.59 Å². The number of esters is 1. The summed E-state index contributed by atoms with van der Waals surface area (Å²) < 4.78 is 9.81. The van der Waals surface area contributed by atoms with Gasteiger partial charge < -0.3 is 14.8 Å². The average molecular weight is 282 g/mol. The first kappa shape index (κ1) is 12.4. The van der Waals surface area contributed by atoms with Crippen molar-refractivity contribution in [3.05, 3.63) is 16.0 Å². The maximum Gasteiger partial charge on any atom is 0.415 e. The van der Waals surface area contributed by atoms with Gasteiger partial charge in [-0.05, 0) is 18.5 Å². The van der Waals surface area contributed by atoms with Crippen LogP contribution in [0.3, 0.4) is 0 Å². The molecule has 0 saturated carbocycles. The number of ether oxygens (including phenoxy) is 2. The van der Waals surface area contributed by atoms with Crippen molar-refractivity contribution in [1.82, 2.24) is 5.32 Å². The fraction of sp³-hybridized carbons (Fsp3) is 0.500. The third-order valence-electron chi connectivity index (χ3n) is 3.30. The number of fused-ring (bicyclic) bond motifs is 1. The number of cyclic esters (lactones) is 1. The minimum Gasteiger partial charge on any atom is -0.465 e. The molecule has 1 fully saturated rings. The van der Waals surface area contributed by atoms with Gasteiger partial charge in [0.05, 0.1) is 19.2 Å². The fourth-order valence-electron chi connectivity index (χ4n) is 2.40. The SMILES string of the molecule is COC(=O)c1c(N2CCOC2=O)sc2c1CCNC2. The molecule has 0 spiro atoms. The molecule has 19 heavy (non-hydrogen) atoms. The molecule has 1 amide bonds. The molecule has 2 aliphatic rings. The van der Waals surface area contributed by atoms with Gasteiger partial charge in [0.15, 0.2) is 0 Å². The third-order valence-corrected chi connectivity index (χ3v) is 4.56. The van der Waals surface area contributed by atoms with E-state index in [1.165, 1.54) is 23.3 Å². The topological polar surface area (TPSA) is 67.9 Å². The maximum atomic E-state index is 12.0. The van der Waals surface area contributed by atoms with E-state index in [0.717, 1.165) is 30.0 Å². The van der Waals surface area contributed by atoms with Crippen LogP contribution in [0.15, 0.2) is 0 Å². The van der Waals surface area contributed by atoms with Gasteiger partial charge in [-0.2, -0.15) is 0 Å². The summed E-state index contributed by atoms with van der Waals surface area (Å²) in [5.41, 5.74) is 1.54. The van der Waals surface area contributed by atoms with Crippen LogP contribution in [0.1, 0.15) is 20.8 Å². The molecule has 7 heteroatoms. The number of anilines is 1. The first-order valence-corrected chi connectivity index (χ1v) is 6.92. The number of amides is 1. The molecule has 0 unspecified atom stereocenters. The van der Waals surface area contributed by atoms with Gasteiger partial charge in [-0.15, -0.1) is 11.3 Å². The summed E-state index contributed by atoms with van der Waals surface area (Å²) in [6.07, 6.45) is 0.385. The van der Waals surface area contributed by atoms with Crippen LogP contribution < -0.4 is 10.2 Å². The third kappa shape index (κ3) is 1.98. The van der Waals surface area contributed by atoms with E-state index in [2.05, 4.69) is 5.32 Å². The summed E-state index contributed by atoms with van der Waals surface area (Å²) in [5.74, 6) is -0.380. The molecule has 1 aromatic rings. The monoisotopic (exact) mass is 282 g/mol. The molecular formula is C12H14N2O4S. The van der Waals surface area contributed by atoms with Crippen LogP contribution in [0.25, 0.3) is 0 Å². The van der Waals surface area contributed by atoms with Crippen LogP contribution in [0.5, 0.6) is 0 Å². The molecule has 0 bridgehead atoms. The van der Waals surface area contributed by atoms with Crippen LogP contribution in [0.4, 0.5) is 9.80 Å². The highest BCUT2D eigenvalue weighted by atomic mass is 32.1. The summed E-state index contributed by atoms with van der Waals surface area (Å²) in [6.45, 7) is 2.40. The van der Waals surface area contributed by atoms with Gasteiger partial charge >= 0.3 is 12.1 Å². The van der Waals surface area contributed by atoms with E-state index in [1.807, 2.05) is 0 Å². The number of carbonyl (C=O) groups excluding carboxylic acids is 2. The van der Waals surface area contributed by atoms with Crippen molar-refractivity contribution in [2.75, 3.05) is 31.7 Å². The summed E-state index contributed by atoms with van der Waals surface area (Å²) in [7, 11) is 1.36. The molecule has 102 valence electrons. The normalized spacial score (nSPS) is 18.2. The molecule has 0 radical (unpaired) electrons. The lowest BCUT2D eigenvalue weighted by atomic mass is 10.0. The highest BCUT2D eigenvalue weighted by molar-refractivity contribution is 7.17. The molecule has 0 atom stereocenters. The number of rotatable bonds is 2. The van der Waals surface area contributed by atoms with Crippen molar-refractivity contribution in [3.63, 3.8) is 0 Å². The van der Waals surface area contributed by atoms with Crippen molar-refractivity contribution in [3.8, 4) is 0 Å². The molecule has 1 saturated heterocycles. The zero-order valence-corrected chi connectivity index (χ0v) is 11.3. The standard InChI is InChI=1S/C12H14N2O4S/c1-17-11(15)9-7-2-3-13-6-8(7)19-10(9)14-4-5-18-12(14)16/h13H,2-6H2,1H3. The number of methoxy groups -OCH3 is 1. The van der Waals surface area contributed by atoms with Crippen molar-refractivity contribution in [2.24, 2.45) is 0 Å². The number of nitrogens with zero attached hydrogens (tertiary/aromatic N) is 1. The number of nitrogens with one attached hydrogen (secondary N) is 1. The smallest absolute Gasteiger partial charge is 0.415 e. The van der Waals surface area contributed by atoms with Gasteiger partial charge in [-0.3, -0.25) is 4.90 Å². The van der Waals surface area contributed by atoms with E-state index < -0.39 is 6.09 Å². The van der Waals surface area contributed by atoms with E-state index in [0.29, 0.717) is 23.7 Å². The van der Waals surface area contributed by atoms with Crippen molar-refractivity contribution >= 4 is 28.4 Å². The highest BCUT2D eigenvalue weighted by Crippen LogP contribution is 2.39. The zero-order chi connectivity index (χ0) is 13.4. The Morgan fingerprint density at radius 1 is 1.53 bits per heavy atom. The van der Waals surface area contributed by atoms with Gasteiger partial charge in [-0.1, -0.05) is 0 Å². The molecule has 6 nitrogen and oxygen atoms in total. The largest absolute Gasteiger partial charge is 0.465 e. The number of hydrogen-bond acceptors (Lipinski definition) is 6. The second-order valence-corrected chi connectivity index (χ2v) is 5.45. The molecular weight excluding hydrogens is 268 g/mol. The minimum atomic E-state index is -0.392. The van der Waals surface area contributed by atoms with Crippen LogP contribution in [-0.4, -0.2) is 38.9 Å². The molecule has 3 heterocycles. The quantitative estimate of drug-likeness (QED) is 0.824. The lowest BCUT2D eigenvalue weighted by Crippen LogP contribution is -2.25. The predicted molar refractivity (Wildman–Crippen MR) is 69.8 cm³/mol. The molecule has 0 aromatic carbocycles. The van der Waals surface area contributed by atoms with Gasteiger partial charge in [0.25, 0.3) is 0 Å². The lowest BCUT2D eigenvalue weighted by Gasteiger charge is -2.14. The second kappa shape index (κ2) is 4.82. The van der Waals surface area contributed by atoms with Gasteiger partial charge in [0.1, 0.15) is 11.6 Å². The second-order valence-electron chi connectivity index (χ2n) is 4.37. The van der Waals surface area contributed by atoms with Gasteiger partial charge in [-0.25, -0.2) is 9.59 Å². The summed E-state index contributed by atoms with van der Waals surface area (Å²) in [4.78, 5) is 26.3. The van der Waals surface area contributed by atoms with E-state index in [4.69, 9.17) is 9.47 Å². The first-order valence-electron chi connectivity index (χ1n) is 6.10. The first-order chi connectivity index (χ1) is 9.22. The highest BCUT2D eigenvalue weighted by Gasteiger charge is 2.33. The Morgan fingerprint density at radius 2 is 2.37 bits per heavy atom. The predicted octanol–water partition coefficient (Wildman–Crippen LogP) is 1.14. The Bertz CT molecular complexity index is 540. The summed E-state index contributed by atoms with van der Waals surface area (Å²) >= 11 is 1.47. The Balaban J connectivity index is 2.09. The molecule has 3 rings (SSSR count). The fourth-order valence-corrected chi connectivity index (χ4v) is 3.72. The number of carbonyl (C=O) groups is 2. The summed E-state index contributed by atoms with van der Waals surface area (Å²) in [6, 6.07) is 0. The van der Waals surface area contributed by atoms with Crippen LogP contribution >= 0.6 is 11.3 Å². The number of hydrogen-bond donors (Lipinski definition) is 1. The number of thiophene rings is 1. The van der Waals surface area contributed by atoms with Crippen LogP contribution in [-0.2, 0) is 22.4 Å². The van der Waals surface area contributed by atoms with Crippen LogP contribution in [0.2, 0.25) is 0 Å². The summed E-state index contributed by atoms with van der Waals surface area (Å²) in [5, 5.41) is 3.92. The lowest BCUT2D eigenvalue weighted by molar-refractivity contribution is 0.0600. The van der Waals surface area contributed by atoms with E-state index in [-0.39, 0.29) is 5.97 Å². The van der Waals surface area contributed by atoms with Gasteiger partial charge in [0.2, 0.25) is 0 Å². The average Bonchev–Trinajstić information content (AvgIpc) is 3.00. The molecule has 1 N–H and O–H groups in total. The Labute approximate surface area is 114 Å². The van der Waals surface area contributed by atoms with Crippen molar-refractivity contribution in [2.45, 2.75) is 13.0 Å². The molecule has 2 aliphatic heterocycles. The van der Waals surface area contributed by atoms with E-state index in [1.54, 1.807) is 0 Å². The molecule has 0 aliphatic carbocycles. The van der Waals surface area contributed by atoms with Crippen molar-refractivity contribution in [1.29, 1.82) is 0 Å². The Morgan fingerprint density at radius 3 is 3.05 bits per heavy atom. The van der Waals surface area contributed by atoms with Gasteiger partial charge in [0, 0.05) is 11.4 Å². The Hall–Kier alpha value is -1.60. The molecule has 1 aromatic heterocycles. The van der Waals surface area contributed by atoms with Crippen LogP contribution in [0, 0.1) is 0 Å². The Kier molecular flexibility index (Phi) is 3.16.